The van der Waals surface area contributed by atoms with Crippen molar-refractivity contribution in [1.29, 1.82) is 0 Å². The van der Waals surface area contributed by atoms with Crippen molar-refractivity contribution in [3.05, 3.63) is 78.1 Å². The molecule has 0 spiro atoms. The second kappa shape index (κ2) is 6.18. The number of nitrogens with zero attached hydrogens (tertiary/aromatic N) is 2. The zero-order valence-electron chi connectivity index (χ0n) is 11.7. The van der Waals surface area contributed by atoms with Crippen LogP contribution in [-0.4, -0.2) is 9.97 Å². The van der Waals surface area contributed by atoms with Crippen molar-refractivity contribution >= 4 is 5.82 Å². The summed E-state index contributed by atoms with van der Waals surface area (Å²) in [6, 6.07) is 18.4. The molecule has 3 aromatic rings. The van der Waals surface area contributed by atoms with Crippen LogP contribution in [0.2, 0.25) is 0 Å². The van der Waals surface area contributed by atoms with Crippen molar-refractivity contribution in [2.45, 2.75) is 12.8 Å². The lowest BCUT2D eigenvalue weighted by molar-refractivity contribution is 0.954. The van der Waals surface area contributed by atoms with Gasteiger partial charge in [-0.05, 0) is 42.2 Å². The van der Waals surface area contributed by atoms with Gasteiger partial charge >= 0.3 is 0 Å². The zero-order valence-corrected chi connectivity index (χ0v) is 11.7. The number of hydrogen-bond acceptors (Lipinski definition) is 3. The van der Waals surface area contributed by atoms with Crippen LogP contribution in [0.5, 0.6) is 0 Å². The van der Waals surface area contributed by atoms with E-state index in [2.05, 4.69) is 40.3 Å². The molecule has 0 atom stereocenters. The fourth-order valence-electron chi connectivity index (χ4n) is 2.32. The van der Waals surface area contributed by atoms with Crippen LogP contribution in [0.25, 0.3) is 11.3 Å². The topological polar surface area (TPSA) is 51.8 Å². The van der Waals surface area contributed by atoms with Crippen molar-refractivity contribution < 1.29 is 0 Å². The van der Waals surface area contributed by atoms with Gasteiger partial charge in [-0.2, -0.15) is 0 Å². The molecular weight excluding hydrogens is 258 g/mol. The standard InChI is InChI=1S/C18H17N3/c19-18-15(10-9-14-6-2-1-3-7-14)12-16(13-21-18)17-8-4-5-11-20-17/h1-8,11-13H,9-10H2,(H2,19,21). The Balaban J connectivity index is 1.82. The molecule has 2 heterocycles. The van der Waals surface area contributed by atoms with Crippen LogP contribution < -0.4 is 5.73 Å². The molecule has 3 heteroatoms. The molecule has 21 heavy (non-hydrogen) atoms. The van der Waals surface area contributed by atoms with E-state index in [0.29, 0.717) is 5.82 Å². The molecule has 0 saturated heterocycles. The average Bonchev–Trinajstić information content (AvgIpc) is 2.56. The maximum absolute atomic E-state index is 6.00. The van der Waals surface area contributed by atoms with Crippen LogP contribution in [0, 0.1) is 0 Å². The summed E-state index contributed by atoms with van der Waals surface area (Å²) in [6.07, 6.45) is 5.40. The summed E-state index contributed by atoms with van der Waals surface area (Å²) < 4.78 is 0. The first-order valence-electron chi connectivity index (χ1n) is 7.02. The summed E-state index contributed by atoms with van der Waals surface area (Å²) in [4.78, 5) is 8.66. The van der Waals surface area contributed by atoms with E-state index in [-0.39, 0.29) is 0 Å². The van der Waals surface area contributed by atoms with Gasteiger partial charge in [-0.25, -0.2) is 4.98 Å². The van der Waals surface area contributed by atoms with Crippen LogP contribution in [-0.2, 0) is 12.8 Å². The van der Waals surface area contributed by atoms with Gasteiger partial charge in [0.1, 0.15) is 5.82 Å². The molecule has 0 aliphatic heterocycles. The summed E-state index contributed by atoms with van der Waals surface area (Å²) in [6.45, 7) is 0. The molecule has 2 aromatic heterocycles. The van der Waals surface area contributed by atoms with Gasteiger partial charge in [-0.15, -0.1) is 0 Å². The van der Waals surface area contributed by atoms with Crippen LogP contribution >= 0.6 is 0 Å². The quantitative estimate of drug-likeness (QED) is 0.792. The van der Waals surface area contributed by atoms with E-state index < -0.39 is 0 Å². The lowest BCUT2D eigenvalue weighted by atomic mass is 10.0. The van der Waals surface area contributed by atoms with Crippen LogP contribution in [0.3, 0.4) is 0 Å². The zero-order chi connectivity index (χ0) is 14.5. The maximum atomic E-state index is 6.00. The van der Waals surface area contributed by atoms with Gasteiger partial charge in [0.05, 0.1) is 5.69 Å². The Morgan fingerprint density at radius 1 is 0.857 bits per heavy atom. The van der Waals surface area contributed by atoms with E-state index in [1.165, 1.54) is 5.56 Å². The monoisotopic (exact) mass is 275 g/mol. The predicted octanol–water partition coefficient (Wildman–Crippen LogP) is 3.51. The largest absolute Gasteiger partial charge is 0.383 e. The predicted molar refractivity (Wildman–Crippen MR) is 85.7 cm³/mol. The Hall–Kier alpha value is -2.68. The summed E-state index contributed by atoms with van der Waals surface area (Å²) in [7, 11) is 0. The number of nitrogen functional groups attached to an aromatic ring is 1. The van der Waals surface area contributed by atoms with Gasteiger partial charge in [0, 0.05) is 18.0 Å². The number of rotatable bonds is 4. The van der Waals surface area contributed by atoms with Gasteiger partial charge < -0.3 is 5.73 Å². The van der Waals surface area contributed by atoms with E-state index in [1.54, 1.807) is 12.4 Å². The van der Waals surface area contributed by atoms with Crippen LogP contribution in [0.4, 0.5) is 5.82 Å². The molecule has 0 bridgehead atoms. The molecule has 3 nitrogen and oxygen atoms in total. The highest BCUT2D eigenvalue weighted by Crippen LogP contribution is 2.21. The molecule has 2 N–H and O–H groups in total. The Bertz CT molecular complexity index is 709. The Morgan fingerprint density at radius 2 is 1.67 bits per heavy atom. The molecule has 104 valence electrons. The maximum Gasteiger partial charge on any atom is 0.126 e. The summed E-state index contributed by atoms with van der Waals surface area (Å²) in [5.41, 5.74) is 10.3. The van der Waals surface area contributed by atoms with Gasteiger partial charge in [-0.3, -0.25) is 4.98 Å². The molecule has 1 aromatic carbocycles. The van der Waals surface area contributed by atoms with Crippen molar-refractivity contribution in [2.75, 3.05) is 5.73 Å². The molecule has 0 aliphatic carbocycles. The van der Waals surface area contributed by atoms with Crippen molar-refractivity contribution in [3.8, 4) is 11.3 Å². The Kier molecular flexibility index (Phi) is 3.92. The van der Waals surface area contributed by atoms with E-state index in [9.17, 15) is 0 Å². The first kappa shape index (κ1) is 13.3. The van der Waals surface area contributed by atoms with Gasteiger partial charge in [-0.1, -0.05) is 36.4 Å². The number of aryl methyl sites for hydroxylation is 2. The minimum atomic E-state index is 0.602. The lowest BCUT2D eigenvalue weighted by Gasteiger charge is -2.08. The Morgan fingerprint density at radius 3 is 2.43 bits per heavy atom. The number of hydrogen-bond donors (Lipinski definition) is 1. The molecule has 0 amide bonds. The summed E-state index contributed by atoms with van der Waals surface area (Å²) >= 11 is 0. The van der Waals surface area contributed by atoms with Gasteiger partial charge in [0.25, 0.3) is 0 Å². The van der Waals surface area contributed by atoms with Crippen LogP contribution in [0.15, 0.2) is 67.0 Å². The molecule has 0 radical (unpaired) electrons. The molecule has 0 unspecified atom stereocenters. The van der Waals surface area contributed by atoms with E-state index >= 15 is 0 Å². The van der Waals surface area contributed by atoms with Gasteiger partial charge in [0.2, 0.25) is 0 Å². The fourth-order valence-corrected chi connectivity index (χ4v) is 2.32. The normalized spacial score (nSPS) is 10.5. The number of nitrogens with two attached hydrogens (primary N) is 1. The third-order valence-electron chi connectivity index (χ3n) is 3.49. The second-order valence-electron chi connectivity index (χ2n) is 4.97. The molecule has 0 aliphatic rings. The summed E-state index contributed by atoms with van der Waals surface area (Å²) in [5, 5.41) is 0. The third-order valence-corrected chi connectivity index (χ3v) is 3.49. The summed E-state index contributed by atoms with van der Waals surface area (Å²) in [5.74, 6) is 0.602. The van der Waals surface area contributed by atoms with E-state index in [0.717, 1.165) is 29.7 Å². The minimum Gasteiger partial charge on any atom is -0.383 e. The van der Waals surface area contributed by atoms with Crippen molar-refractivity contribution in [1.82, 2.24) is 9.97 Å². The molecule has 3 rings (SSSR count). The van der Waals surface area contributed by atoms with Crippen LogP contribution in [0.1, 0.15) is 11.1 Å². The first-order chi connectivity index (χ1) is 10.3. The van der Waals surface area contributed by atoms with Crippen molar-refractivity contribution in [3.63, 3.8) is 0 Å². The number of pyridine rings is 2. The number of anilines is 1. The Labute approximate surface area is 124 Å². The first-order valence-corrected chi connectivity index (χ1v) is 7.02. The third kappa shape index (κ3) is 3.26. The molecule has 0 fully saturated rings. The smallest absolute Gasteiger partial charge is 0.126 e. The number of aromatic nitrogens is 2. The van der Waals surface area contributed by atoms with E-state index in [1.807, 2.05) is 24.3 Å². The minimum absolute atomic E-state index is 0.602. The lowest BCUT2D eigenvalue weighted by Crippen LogP contribution is -2.00. The highest BCUT2D eigenvalue weighted by Gasteiger charge is 2.06. The molecular formula is C18H17N3. The number of benzene rings is 1. The average molecular weight is 275 g/mol. The highest BCUT2D eigenvalue weighted by molar-refractivity contribution is 5.61. The van der Waals surface area contributed by atoms with E-state index in [4.69, 9.17) is 5.73 Å². The van der Waals surface area contributed by atoms with Crippen molar-refractivity contribution in [2.24, 2.45) is 0 Å². The highest BCUT2D eigenvalue weighted by atomic mass is 14.8. The van der Waals surface area contributed by atoms with Gasteiger partial charge in [0.15, 0.2) is 0 Å². The second-order valence-corrected chi connectivity index (χ2v) is 4.97. The molecule has 0 saturated carbocycles. The SMILES string of the molecule is Nc1ncc(-c2ccccn2)cc1CCc1ccccc1. The fraction of sp³-hybridized carbons (Fsp3) is 0.111.